The number of anilines is 1. The average molecular weight is 270 g/mol. The van der Waals surface area contributed by atoms with Crippen molar-refractivity contribution in [2.45, 2.75) is 26.2 Å². The van der Waals surface area contributed by atoms with Crippen molar-refractivity contribution < 1.29 is 4.79 Å². The summed E-state index contributed by atoms with van der Waals surface area (Å²) in [6.45, 7) is 2.14. The number of aryl methyl sites for hydroxylation is 1. The van der Waals surface area contributed by atoms with Gasteiger partial charge in [-0.05, 0) is 18.1 Å². The van der Waals surface area contributed by atoms with E-state index in [-0.39, 0.29) is 5.91 Å². The molecular formula is C12H16BrNO. The quantitative estimate of drug-likeness (QED) is 0.817. The van der Waals surface area contributed by atoms with Crippen LogP contribution in [0.2, 0.25) is 0 Å². The van der Waals surface area contributed by atoms with E-state index in [2.05, 4.69) is 34.2 Å². The largest absolute Gasteiger partial charge is 0.326 e. The average Bonchev–Trinajstić information content (AvgIpc) is 2.21. The molecule has 0 atom stereocenters. The summed E-state index contributed by atoms with van der Waals surface area (Å²) in [6, 6.07) is 7.97. The molecule has 0 aromatic heterocycles. The second-order valence-electron chi connectivity index (χ2n) is 3.39. The van der Waals surface area contributed by atoms with E-state index < -0.39 is 0 Å². The van der Waals surface area contributed by atoms with Crippen molar-refractivity contribution >= 4 is 27.5 Å². The maximum absolute atomic E-state index is 11.4. The molecule has 1 rings (SSSR count). The van der Waals surface area contributed by atoms with E-state index in [0.29, 0.717) is 11.8 Å². The van der Waals surface area contributed by atoms with Gasteiger partial charge in [-0.1, -0.05) is 47.5 Å². The van der Waals surface area contributed by atoms with Gasteiger partial charge in [0.05, 0.1) is 0 Å². The SMILES string of the molecule is CCCc1ccccc1NC(=O)CCBr. The summed E-state index contributed by atoms with van der Waals surface area (Å²) < 4.78 is 0. The summed E-state index contributed by atoms with van der Waals surface area (Å²) in [5.74, 6) is 0.0652. The molecule has 0 aliphatic carbocycles. The Balaban J connectivity index is 2.70. The topological polar surface area (TPSA) is 29.1 Å². The van der Waals surface area contributed by atoms with Crippen molar-refractivity contribution in [1.82, 2.24) is 0 Å². The molecule has 15 heavy (non-hydrogen) atoms. The predicted molar refractivity (Wildman–Crippen MR) is 67.5 cm³/mol. The van der Waals surface area contributed by atoms with Crippen LogP contribution < -0.4 is 5.32 Å². The number of carbonyl (C=O) groups excluding carboxylic acids is 1. The zero-order valence-electron chi connectivity index (χ0n) is 8.92. The zero-order valence-corrected chi connectivity index (χ0v) is 10.5. The minimum Gasteiger partial charge on any atom is -0.326 e. The van der Waals surface area contributed by atoms with Gasteiger partial charge in [0.1, 0.15) is 0 Å². The van der Waals surface area contributed by atoms with Crippen LogP contribution >= 0.6 is 15.9 Å². The van der Waals surface area contributed by atoms with E-state index in [0.717, 1.165) is 18.5 Å². The summed E-state index contributed by atoms with van der Waals surface area (Å²) in [6.07, 6.45) is 2.61. The molecule has 0 saturated heterocycles. The third-order valence-corrected chi connectivity index (χ3v) is 2.53. The third-order valence-electron chi connectivity index (χ3n) is 2.13. The van der Waals surface area contributed by atoms with Gasteiger partial charge in [-0.15, -0.1) is 0 Å². The van der Waals surface area contributed by atoms with Crippen molar-refractivity contribution in [2.75, 3.05) is 10.6 Å². The van der Waals surface area contributed by atoms with Gasteiger partial charge >= 0.3 is 0 Å². The lowest BCUT2D eigenvalue weighted by Gasteiger charge is -2.09. The number of nitrogens with one attached hydrogen (secondary N) is 1. The van der Waals surface area contributed by atoms with Crippen LogP contribution in [0.3, 0.4) is 0 Å². The molecule has 1 amide bonds. The lowest BCUT2D eigenvalue weighted by Crippen LogP contribution is -2.13. The summed E-state index contributed by atoms with van der Waals surface area (Å²) >= 11 is 3.25. The van der Waals surface area contributed by atoms with Gasteiger partial charge in [0.25, 0.3) is 0 Å². The Kier molecular flexibility index (Phi) is 5.40. The molecule has 0 spiro atoms. The van der Waals surface area contributed by atoms with E-state index in [4.69, 9.17) is 0 Å². The molecule has 2 nitrogen and oxygen atoms in total. The fraction of sp³-hybridized carbons (Fsp3) is 0.417. The highest BCUT2D eigenvalue weighted by atomic mass is 79.9. The third kappa shape index (κ3) is 4.04. The molecule has 0 fully saturated rings. The maximum atomic E-state index is 11.4. The van der Waals surface area contributed by atoms with Gasteiger partial charge in [-0.2, -0.15) is 0 Å². The van der Waals surface area contributed by atoms with Crippen LogP contribution in [0.1, 0.15) is 25.3 Å². The van der Waals surface area contributed by atoms with Crippen LogP contribution in [0.5, 0.6) is 0 Å². The highest BCUT2D eigenvalue weighted by molar-refractivity contribution is 9.09. The number of hydrogen-bond acceptors (Lipinski definition) is 1. The molecule has 82 valence electrons. The number of alkyl halides is 1. The van der Waals surface area contributed by atoms with E-state index in [1.165, 1.54) is 5.56 Å². The fourth-order valence-electron chi connectivity index (χ4n) is 1.43. The van der Waals surface area contributed by atoms with Crippen LogP contribution in [0, 0.1) is 0 Å². The lowest BCUT2D eigenvalue weighted by atomic mass is 10.1. The van der Waals surface area contributed by atoms with Crippen LogP contribution in [0.4, 0.5) is 5.69 Å². The number of carbonyl (C=O) groups is 1. The summed E-state index contributed by atoms with van der Waals surface area (Å²) in [4.78, 5) is 11.4. The molecule has 0 aliphatic rings. The summed E-state index contributed by atoms with van der Waals surface area (Å²) in [5.41, 5.74) is 2.16. The number of rotatable bonds is 5. The first kappa shape index (κ1) is 12.2. The first-order chi connectivity index (χ1) is 7.27. The normalized spacial score (nSPS) is 10.0. The van der Waals surface area contributed by atoms with Crippen molar-refractivity contribution in [3.05, 3.63) is 29.8 Å². The Morgan fingerprint density at radius 2 is 2.13 bits per heavy atom. The van der Waals surface area contributed by atoms with Crippen molar-refractivity contribution in [3.8, 4) is 0 Å². The highest BCUT2D eigenvalue weighted by Gasteiger charge is 2.04. The molecule has 0 saturated carbocycles. The second kappa shape index (κ2) is 6.62. The first-order valence-corrected chi connectivity index (χ1v) is 6.33. The molecule has 1 N–H and O–H groups in total. The van der Waals surface area contributed by atoms with Gasteiger partial charge in [0, 0.05) is 17.4 Å². The number of hydrogen-bond donors (Lipinski definition) is 1. The van der Waals surface area contributed by atoms with Crippen molar-refractivity contribution in [2.24, 2.45) is 0 Å². The number of amides is 1. The minimum atomic E-state index is 0.0652. The monoisotopic (exact) mass is 269 g/mol. The molecule has 0 radical (unpaired) electrons. The molecule has 0 bridgehead atoms. The van der Waals surface area contributed by atoms with Gasteiger partial charge in [-0.3, -0.25) is 4.79 Å². The molecule has 0 aliphatic heterocycles. The van der Waals surface area contributed by atoms with Crippen molar-refractivity contribution in [3.63, 3.8) is 0 Å². The van der Waals surface area contributed by atoms with Gasteiger partial charge < -0.3 is 5.32 Å². The molecule has 0 heterocycles. The van der Waals surface area contributed by atoms with Crippen LogP contribution in [0.25, 0.3) is 0 Å². The molecular weight excluding hydrogens is 254 g/mol. The maximum Gasteiger partial charge on any atom is 0.225 e. The Morgan fingerprint density at radius 3 is 2.80 bits per heavy atom. The first-order valence-electron chi connectivity index (χ1n) is 5.21. The Bertz CT molecular complexity index is 325. The Hall–Kier alpha value is -0.830. The lowest BCUT2D eigenvalue weighted by molar-refractivity contribution is -0.115. The van der Waals surface area contributed by atoms with Gasteiger partial charge in [0.15, 0.2) is 0 Å². The zero-order chi connectivity index (χ0) is 11.1. The van der Waals surface area contributed by atoms with Gasteiger partial charge in [-0.25, -0.2) is 0 Å². The Morgan fingerprint density at radius 1 is 1.40 bits per heavy atom. The van der Waals surface area contributed by atoms with Crippen molar-refractivity contribution in [1.29, 1.82) is 0 Å². The summed E-state index contributed by atoms with van der Waals surface area (Å²) in [5, 5.41) is 3.63. The molecule has 1 aromatic rings. The molecule has 1 aromatic carbocycles. The smallest absolute Gasteiger partial charge is 0.225 e. The van der Waals surface area contributed by atoms with Gasteiger partial charge in [0.2, 0.25) is 5.91 Å². The minimum absolute atomic E-state index is 0.0652. The number of benzene rings is 1. The molecule has 0 unspecified atom stereocenters. The van der Waals surface area contributed by atoms with Crippen LogP contribution in [-0.4, -0.2) is 11.2 Å². The van der Waals surface area contributed by atoms with Crippen LogP contribution in [0.15, 0.2) is 24.3 Å². The standard InChI is InChI=1S/C12H16BrNO/c1-2-5-10-6-3-4-7-11(10)14-12(15)8-9-13/h3-4,6-7H,2,5,8-9H2,1H3,(H,14,15). The van der Waals surface area contributed by atoms with E-state index >= 15 is 0 Å². The fourth-order valence-corrected chi connectivity index (χ4v) is 1.79. The van der Waals surface area contributed by atoms with Crippen LogP contribution in [-0.2, 0) is 11.2 Å². The molecule has 3 heteroatoms. The number of para-hydroxylation sites is 1. The second-order valence-corrected chi connectivity index (χ2v) is 4.19. The summed E-state index contributed by atoms with van der Waals surface area (Å²) in [7, 11) is 0. The highest BCUT2D eigenvalue weighted by Crippen LogP contribution is 2.16. The Labute approximate surface area is 99.2 Å². The van der Waals surface area contributed by atoms with E-state index in [1.54, 1.807) is 0 Å². The van der Waals surface area contributed by atoms with E-state index in [9.17, 15) is 4.79 Å². The predicted octanol–water partition coefficient (Wildman–Crippen LogP) is 3.36. The van der Waals surface area contributed by atoms with E-state index in [1.807, 2.05) is 18.2 Å². The number of halogens is 1.